The second-order valence-electron chi connectivity index (χ2n) is 17.5. The van der Waals surface area contributed by atoms with Crippen molar-refractivity contribution in [2.24, 2.45) is 0 Å². The van der Waals surface area contributed by atoms with Crippen molar-refractivity contribution in [3.8, 4) is 45.0 Å². The van der Waals surface area contributed by atoms with E-state index in [4.69, 9.17) is 9.72 Å². The van der Waals surface area contributed by atoms with Crippen LogP contribution in [0.25, 0.3) is 33.4 Å². The number of pyridine rings is 2. The number of nitrogens with zero attached hydrogens (tertiary/aromatic N) is 5. The monoisotopic (exact) mass is 1160 g/mol. The Morgan fingerprint density at radius 3 is 1.96 bits per heavy atom. The molecule has 0 fully saturated rings. The zero-order valence-electron chi connectivity index (χ0n) is 37.5. The van der Waals surface area contributed by atoms with Gasteiger partial charge in [-0.25, -0.2) is 0 Å². The first-order chi connectivity index (χ1) is 33.0. The SMILES string of the molecule is CC(C)(C)c1ccnc(N2c3[c-]c(Oc4[c-]c(N5[CH-]N(c6c(-c7ccccc7)cccc6-c6cccc(-c7ccccc7)c6)c6ccccc65)ccc4)ncc3[Se]c3ccc(C(F)(F)F)cc32)c1.[Pt]. The van der Waals surface area contributed by atoms with Gasteiger partial charge >= 0.3 is 259 Å². The summed E-state index contributed by atoms with van der Waals surface area (Å²) in [6.45, 7) is 8.36. The Morgan fingerprint density at radius 2 is 1.22 bits per heavy atom. The molecule has 6 nitrogen and oxygen atoms in total. The van der Waals surface area contributed by atoms with E-state index in [1.54, 1.807) is 23.4 Å². The summed E-state index contributed by atoms with van der Waals surface area (Å²) >= 11 is -0.366. The van der Waals surface area contributed by atoms with Crippen molar-refractivity contribution < 1.29 is 39.0 Å². The van der Waals surface area contributed by atoms with Crippen LogP contribution in [0.4, 0.5) is 53.1 Å². The maximum atomic E-state index is 14.2. The van der Waals surface area contributed by atoms with Crippen molar-refractivity contribution in [2.75, 3.05) is 14.7 Å². The van der Waals surface area contributed by atoms with E-state index in [0.29, 0.717) is 22.9 Å². The minimum atomic E-state index is -4.53. The first kappa shape index (κ1) is 45.8. The molecule has 0 radical (unpaired) electrons. The number of hydrogen-bond donors (Lipinski definition) is 0. The van der Waals surface area contributed by atoms with Crippen molar-refractivity contribution in [1.29, 1.82) is 0 Å². The molecule has 0 atom stereocenters. The molecule has 0 saturated heterocycles. The number of hydrogen-bond acceptors (Lipinski definition) is 6. The average molecular weight is 1160 g/mol. The number of ether oxygens (including phenoxy) is 1. The van der Waals surface area contributed by atoms with Gasteiger partial charge in [-0.2, -0.15) is 0 Å². The smallest absolute Gasteiger partial charge is 0 e. The summed E-state index contributed by atoms with van der Waals surface area (Å²) in [5.41, 5.74) is 11.2. The predicted octanol–water partition coefficient (Wildman–Crippen LogP) is 14.0. The van der Waals surface area contributed by atoms with Crippen LogP contribution in [0.3, 0.4) is 0 Å². The summed E-state index contributed by atoms with van der Waals surface area (Å²) < 4.78 is 50.7. The second-order valence-corrected chi connectivity index (χ2v) is 19.8. The van der Waals surface area contributed by atoms with Crippen molar-refractivity contribution in [2.45, 2.75) is 32.4 Å². The summed E-state index contributed by atoms with van der Waals surface area (Å²) in [7, 11) is 0. The predicted molar refractivity (Wildman–Crippen MR) is 267 cm³/mol. The second kappa shape index (κ2) is 18.5. The minimum Gasteiger partial charge on any atom is 0 e. The van der Waals surface area contributed by atoms with E-state index < -0.39 is 11.7 Å². The number of para-hydroxylation sites is 3. The van der Waals surface area contributed by atoms with E-state index in [1.807, 2.05) is 54.6 Å². The third-order valence-electron chi connectivity index (χ3n) is 12.1. The Balaban J connectivity index is 0.00000553. The quantitative estimate of drug-likeness (QED) is 0.112. The van der Waals surface area contributed by atoms with Crippen LogP contribution in [0.1, 0.15) is 31.9 Å². The van der Waals surface area contributed by atoms with Gasteiger partial charge in [0, 0.05) is 32.2 Å². The van der Waals surface area contributed by atoms with Crippen LogP contribution < -0.4 is 28.4 Å². The number of alkyl halides is 3. The standard InChI is InChI=1S/C58H41F3N5OSe.Pt/c1-57(2,3)42-29-30-62-54(33-42)66-50-32-43(58(59,60)61)27-28-52(50)68-53-36-63-55(35-51(53)66)67-45-22-13-21-44(34-45)64-37-65(49-26-11-10-25-48(49)64)56-46(39-17-8-5-9-18-39)23-14-24-47(56)41-20-12-19-40(31-41)38-15-6-4-7-16-38;/h4-33,36-37H,1-3H3;/q-3;. The van der Waals surface area contributed by atoms with Crippen molar-refractivity contribution in [3.63, 3.8) is 0 Å². The van der Waals surface area contributed by atoms with Gasteiger partial charge in [0.25, 0.3) is 0 Å². The zero-order valence-corrected chi connectivity index (χ0v) is 41.5. The van der Waals surface area contributed by atoms with Crippen LogP contribution >= 0.6 is 0 Å². The summed E-state index contributed by atoms with van der Waals surface area (Å²) in [6, 6.07) is 64.6. The molecule has 0 bridgehead atoms. The number of anilines is 7. The van der Waals surface area contributed by atoms with Crippen LogP contribution in [-0.2, 0) is 32.7 Å². The summed E-state index contributed by atoms with van der Waals surface area (Å²) in [6.07, 6.45) is -1.11. The number of aromatic nitrogens is 2. The van der Waals surface area contributed by atoms with E-state index in [-0.39, 0.29) is 47.3 Å². The molecule has 0 aliphatic carbocycles. The fraction of sp³-hybridized carbons (Fsp3) is 0.0862. The summed E-state index contributed by atoms with van der Waals surface area (Å²) in [5.74, 6) is 1.01. The van der Waals surface area contributed by atoms with Gasteiger partial charge in [0.2, 0.25) is 0 Å². The molecule has 344 valence electrons. The van der Waals surface area contributed by atoms with E-state index in [2.05, 4.69) is 157 Å². The normalized spacial score (nSPS) is 13.0. The molecule has 7 aromatic carbocycles. The zero-order chi connectivity index (χ0) is 46.6. The largest absolute Gasteiger partial charge is 0 e. The van der Waals surface area contributed by atoms with Gasteiger partial charge in [-0.15, -0.1) is 0 Å². The molecule has 0 saturated carbocycles. The maximum Gasteiger partial charge on any atom is 0 e. The number of halogens is 3. The number of fused-ring (bicyclic) bond motifs is 3. The fourth-order valence-electron chi connectivity index (χ4n) is 8.71. The van der Waals surface area contributed by atoms with Gasteiger partial charge in [0.1, 0.15) is 0 Å². The van der Waals surface area contributed by atoms with E-state index in [1.165, 1.54) is 6.07 Å². The molecule has 2 aromatic heterocycles. The Morgan fingerprint density at radius 1 is 0.565 bits per heavy atom. The molecule has 11 heteroatoms. The van der Waals surface area contributed by atoms with Crippen molar-refractivity contribution in [3.05, 3.63) is 218 Å². The van der Waals surface area contributed by atoms with E-state index in [9.17, 15) is 13.2 Å². The van der Waals surface area contributed by atoms with Gasteiger partial charge < -0.3 is 0 Å². The molecule has 0 N–H and O–H groups in total. The third kappa shape index (κ3) is 8.97. The summed E-state index contributed by atoms with van der Waals surface area (Å²) in [5, 5.41) is 0. The van der Waals surface area contributed by atoms with Crippen LogP contribution in [0.2, 0.25) is 0 Å². The third-order valence-corrected chi connectivity index (χ3v) is 14.3. The molecule has 0 amide bonds. The molecule has 2 aliphatic rings. The molecule has 11 rings (SSSR count). The maximum absolute atomic E-state index is 14.2. The molecular formula is C58H41F3N5OPtSe-3. The molecule has 2 aliphatic heterocycles. The molecular weight excluding hydrogens is 1110 g/mol. The van der Waals surface area contributed by atoms with Crippen molar-refractivity contribution in [1.82, 2.24) is 9.97 Å². The first-order valence-electron chi connectivity index (χ1n) is 22.1. The van der Waals surface area contributed by atoms with Crippen molar-refractivity contribution >= 4 is 63.8 Å². The van der Waals surface area contributed by atoms with Gasteiger partial charge in [0.05, 0.1) is 0 Å². The average Bonchev–Trinajstić information content (AvgIpc) is 3.75. The molecule has 0 spiro atoms. The van der Waals surface area contributed by atoms with Crippen LogP contribution in [0, 0.1) is 18.8 Å². The molecule has 4 heterocycles. The Kier molecular flexibility index (Phi) is 12.3. The topological polar surface area (TPSA) is 44.7 Å². The first-order valence-corrected chi connectivity index (χ1v) is 23.8. The molecule has 69 heavy (non-hydrogen) atoms. The molecule has 9 aromatic rings. The Bertz CT molecular complexity index is 3350. The van der Waals surface area contributed by atoms with Crippen LogP contribution in [0.5, 0.6) is 11.6 Å². The van der Waals surface area contributed by atoms with Gasteiger partial charge in [0.15, 0.2) is 0 Å². The van der Waals surface area contributed by atoms with Gasteiger partial charge in [-0.05, 0) is 28.3 Å². The minimum absolute atomic E-state index is 0. The Hall–Kier alpha value is -6.96. The Labute approximate surface area is 420 Å². The van der Waals surface area contributed by atoms with Crippen LogP contribution in [0.15, 0.2) is 188 Å². The molecule has 0 unspecified atom stereocenters. The fourth-order valence-corrected chi connectivity index (χ4v) is 10.8. The number of rotatable bonds is 8. The van der Waals surface area contributed by atoms with E-state index >= 15 is 0 Å². The number of benzene rings is 7. The summed E-state index contributed by atoms with van der Waals surface area (Å²) in [4.78, 5) is 15.5. The van der Waals surface area contributed by atoms with E-state index in [0.717, 1.165) is 76.7 Å². The van der Waals surface area contributed by atoms with Gasteiger partial charge in [-0.1, -0.05) is 103 Å². The van der Waals surface area contributed by atoms with Crippen LogP contribution in [-0.4, -0.2) is 24.9 Å². The van der Waals surface area contributed by atoms with Gasteiger partial charge in [-0.3, -0.25) is 0 Å².